The summed E-state index contributed by atoms with van der Waals surface area (Å²) in [5.41, 5.74) is 6.62. The summed E-state index contributed by atoms with van der Waals surface area (Å²) in [4.78, 5) is 24.2. The Morgan fingerprint density at radius 1 is 1.19 bits per heavy atom. The third-order valence-corrected chi connectivity index (χ3v) is 4.84. The van der Waals surface area contributed by atoms with Crippen molar-refractivity contribution in [3.05, 3.63) is 63.9 Å². The third kappa shape index (κ3) is 3.68. The minimum absolute atomic E-state index is 0.104. The van der Waals surface area contributed by atoms with Gasteiger partial charge in [-0.05, 0) is 57.2 Å². The average Bonchev–Trinajstić information content (AvgIpc) is 2.60. The number of ether oxygens (including phenoxy) is 2. The molecule has 0 aliphatic carbocycles. The fraction of sp³-hybridized carbons (Fsp3) is 0.300. The van der Waals surface area contributed by atoms with E-state index in [2.05, 4.69) is 0 Å². The Kier molecular flexibility index (Phi) is 4.97. The summed E-state index contributed by atoms with van der Waals surface area (Å²) in [5.74, 6) is -0.893. The fourth-order valence-electron chi connectivity index (χ4n) is 3.08. The van der Waals surface area contributed by atoms with Crippen molar-refractivity contribution in [2.75, 3.05) is 0 Å². The van der Waals surface area contributed by atoms with Gasteiger partial charge >= 0.3 is 5.97 Å². The van der Waals surface area contributed by atoms with Crippen molar-refractivity contribution in [1.82, 2.24) is 0 Å². The maximum Gasteiger partial charge on any atom is 0.338 e. The van der Waals surface area contributed by atoms with Gasteiger partial charge in [0.05, 0.1) is 16.6 Å². The first-order valence-electron chi connectivity index (χ1n) is 8.35. The van der Waals surface area contributed by atoms with Gasteiger partial charge in [-0.1, -0.05) is 11.6 Å². The van der Waals surface area contributed by atoms with Crippen molar-refractivity contribution in [2.45, 2.75) is 38.5 Å². The number of nitrogens with two attached hydrogens (primary N) is 1. The van der Waals surface area contributed by atoms with Crippen molar-refractivity contribution in [3.8, 4) is 5.75 Å². The summed E-state index contributed by atoms with van der Waals surface area (Å²) < 4.78 is 24.9. The Morgan fingerprint density at radius 2 is 1.85 bits per heavy atom. The third-order valence-electron chi connectivity index (χ3n) is 4.55. The summed E-state index contributed by atoms with van der Waals surface area (Å²) >= 11 is 5.74. The molecule has 0 spiro atoms. The van der Waals surface area contributed by atoms with E-state index in [-0.39, 0.29) is 16.4 Å². The number of ketones is 1. The Balaban J connectivity index is 1.92. The van der Waals surface area contributed by atoms with Crippen LogP contribution in [0.5, 0.6) is 5.75 Å². The highest BCUT2D eigenvalue weighted by atomic mass is 35.5. The molecular formula is C20H19ClFNO4. The van der Waals surface area contributed by atoms with Crippen molar-refractivity contribution in [2.24, 2.45) is 5.73 Å². The molecule has 27 heavy (non-hydrogen) atoms. The van der Waals surface area contributed by atoms with Gasteiger partial charge in [-0.15, -0.1) is 0 Å². The number of rotatable bonds is 3. The number of carbonyl (C=O) groups is 2. The van der Waals surface area contributed by atoms with Gasteiger partial charge in [-0.25, -0.2) is 9.18 Å². The van der Waals surface area contributed by atoms with Crippen LogP contribution in [0.15, 0.2) is 36.4 Å². The summed E-state index contributed by atoms with van der Waals surface area (Å²) in [6.45, 7) is 4.96. The highest BCUT2D eigenvalue weighted by Crippen LogP contribution is 2.41. The van der Waals surface area contributed by atoms with E-state index in [0.29, 0.717) is 16.9 Å². The SMILES string of the molecule is CC(=O)c1ccc2c(c1)[C@@H](N)[C@H](OC(=O)c1ccc(F)c(Cl)c1)C(C)(C)O2. The first kappa shape index (κ1) is 19.3. The van der Waals surface area contributed by atoms with Crippen LogP contribution in [0.3, 0.4) is 0 Å². The van der Waals surface area contributed by atoms with Crippen molar-refractivity contribution in [1.29, 1.82) is 0 Å². The van der Waals surface area contributed by atoms with Crippen LogP contribution in [-0.2, 0) is 4.74 Å². The van der Waals surface area contributed by atoms with E-state index in [1.165, 1.54) is 19.1 Å². The molecule has 0 unspecified atom stereocenters. The largest absolute Gasteiger partial charge is 0.484 e. The van der Waals surface area contributed by atoms with Gasteiger partial charge in [0.25, 0.3) is 0 Å². The van der Waals surface area contributed by atoms with E-state index < -0.39 is 29.5 Å². The molecule has 0 bridgehead atoms. The standard InChI is InChI=1S/C20H19ClFNO4/c1-10(24)11-5-7-16-13(8-11)17(23)18(20(2,3)27-16)26-19(25)12-4-6-15(22)14(21)9-12/h4-9,17-18H,23H2,1-3H3/t17-,18+/m1/s1. The van der Waals surface area contributed by atoms with Crippen LogP contribution in [0.25, 0.3) is 0 Å². The Bertz CT molecular complexity index is 928. The van der Waals surface area contributed by atoms with E-state index in [9.17, 15) is 14.0 Å². The maximum atomic E-state index is 13.3. The molecule has 1 aliphatic rings. The number of fused-ring (bicyclic) bond motifs is 1. The second kappa shape index (κ2) is 6.94. The molecule has 1 heterocycles. The second-order valence-corrected chi connectivity index (χ2v) is 7.40. The van der Waals surface area contributed by atoms with Crippen LogP contribution < -0.4 is 10.5 Å². The molecule has 2 N–H and O–H groups in total. The lowest BCUT2D eigenvalue weighted by molar-refractivity contribution is -0.0726. The highest BCUT2D eigenvalue weighted by molar-refractivity contribution is 6.31. The van der Waals surface area contributed by atoms with Gasteiger partial charge in [0.15, 0.2) is 11.9 Å². The molecule has 5 nitrogen and oxygen atoms in total. The number of Topliss-reactive ketones (excluding diaryl/α,β-unsaturated/α-hetero) is 1. The summed E-state index contributed by atoms with van der Waals surface area (Å²) in [6, 6.07) is 7.87. The van der Waals surface area contributed by atoms with Crippen molar-refractivity contribution >= 4 is 23.4 Å². The van der Waals surface area contributed by atoms with Crippen LogP contribution in [0, 0.1) is 5.82 Å². The zero-order chi connectivity index (χ0) is 19.9. The lowest BCUT2D eigenvalue weighted by Crippen LogP contribution is -2.53. The molecule has 0 fully saturated rings. The Hall–Kier alpha value is -2.44. The molecule has 7 heteroatoms. The van der Waals surface area contributed by atoms with Gasteiger partial charge in [0, 0.05) is 11.1 Å². The van der Waals surface area contributed by atoms with E-state index in [1.54, 1.807) is 32.0 Å². The molecule has 0 saturated carbocycles. The zero-order valence-electron chi connectivity index (χ0n) is 15.1. The topological polar surface area (TPSA) is 78.6 Å². The number of benzene rings is 2. The fourth-order valence-corrected chi connectivity index (χ4v) is 3.26. The predicted molar refractivity (Wildman–Crippen MR) is 98.7 cm³/mol. The van der Waals surface area contributed by atoms with E-state index in [1.807, 2.05) is 0 Å². The molecular weight excluding hydrogens is 373 g/mol. The number of halogens is 2. The summed E-state index contributed by atoms with van der Waals surface area (Å²) in [6.07, 6.45) is -0.830. The number of hydrogen-bond donors (Lipinski definition) is 1. The second-order valence-electron chi connectivity index (χ2n) is 6.99. The van der Waals surface area contributed by atoms with E-state index >= 15 is 0 Å². The maximum absolute atomic E-state index is 13.3. The van der Waals surface area contributed by atoms with Gasteiger partial charge in [-0.2, -0.15) is 0 Å². The lowest BCUT2D eigenvalue weighted by atomic mass is 9.86. The first-order chi connectivity index (χ1) is 12.6. The Labute approximate surface area is 161 Å². The Morgan fingerprint density at radius 3 is 2.48 bits per heavy atom. The van der Waals surface area contributed by atoms with Gasteiger partial charge in [-0.3, -0.25) is 4.79 Å². The molecule has 2 atom stereocenters. The molecule has 2 aromatic carbocycles. The van der Waals surface area contributed by atoms with Gasteiger partial charge < -0.3 is 15.2 Å². The van der Waals surface area contributed by atoms with E-state index in [0.717, 1.165) is 6.07 Å². The smallest absolute Gasteiger partial charge is 0.338 e. The first-order valence-corrected chi connectivity index (χ1v) is 8.73. The van der Waals surface area contributed by atoms with Crippen LogP contribution in [0.4, 0.5) is 4.39 Å². The quantitative estimate of drug-likeness (QED) is 0.630. The van der Waals surface area contributed by atoms with Gasteiger partial charge in [0.1, 0.15) is 17.2 Å². The number of esters is 1. The highest BCUT2D eigenvalue weighted by Gasteiger charge is 2.45. The zero-order valence-corrected chi connectivity index (χ0v) is 15.8. The molecule has 2 aromatic rings. The number of carbonyl (C=O) groups excluding carboxylic acids is 2. The average molecular weight is 392 g/mol. The molecule has 3 rings (SSSR count). The van der Waals surface area contributed by atoms with E-state index in [4.69, 9.17) is 26.8 Å². The predicted octanol–water partition coefficient (Wildman–Crippen LogP) is 4.08. The lowest BCUT2D eigenvalue weighted by Gasteiger charge is -2.42. The molecule has 0 radical (unpaired) electrons. The van der Waals surface area contributed by atoms with Crippen molar-refractivity contribution in [3.63, 3.8) is 0 Å². The minimum atomic E-state index is -0.913. The monoisotopic (exact) mass is 391 g/mol. The van der Waals surface area contributed by atoms with Gasteiger partial charge in [0.2, 0.25) is 0 Å². The number of hydrogen-bond acceptors (Lipinski definition) is 5. The summed E-state index contributed by atoms with van der Waals surface area (Å²) in [5, 5.41) is -0.177. The molecule has 1 aliphatic heterocycles. The molecule has 0 aromatic heterocycles. The molecule has 142 valence electrons. The van der Waals surface area contributed by atoms with Crippen LogP contribution in [0.1, 0.15) is 53.1 Å². The molecule has 0 saturated heterocycles. The van der Waals surface area contributed by atoms with Crippen LogP contribution in [-0.4, -0.2) is 23.5 Å². The van der Waals surface area contributed by atoms with Crippen LogP contribution in [0.2, 0.25) is 5.02 Å². The van der Waals surface area contributed by atoms with Crippen molar-refractivity contribution < 1.29 is 23.5 Å². The molecule has 0 amide bonds. The minimum Gasteiger partial charge on any atom is -0.484 e. The normalized spacial score (nSPS) is 20.4. The van der Waals surface area contributed by atoms with Crippen LogP contribution >= 0.6 is 11.6 Å². The summed E-state index contributed by atoms with van der Waals surface area (Å²) in [7, 11) is 0.